The van der Waals surface area contributed by atoms with E-state index in [-0.39, 0.29) is 0 Å². The fourth-order valence-corrected chi connectivity index (χ4v) is 8.28. The van der Waals surface area contributed by atoms with Crippen molar-refractivity contribution in [3.63, 3.8) is 0 Å². The van der Waals surface area contributed by atoms with E-state index in [2.05, 4.69) is 48.4 Å². The number of hydrogen-bond donors (Lipinski definition) is 0. The van der Waals surface area contributed by atoms with Gasteiger partial charge in [0.05, 0.1) is 19.6 Å². The lowest BCUT2D eigenvalue weighted by atomic mass is 9.97. The second kappa shape index (κ2) is 10.4. The van der Waals surface area contributed by atoms with E-state index in [4.69, 9.17) is 14.6 Å². The van der Waals surface area contributed by atoms with Gasteiger partial charge in [-0.1, -0.05) is 47.8 Å². The van der Waals surface area contributed by atoms with Crippen molar-refractivity contribution in [2.45, 2.75) is 47.5 Å². The van der Waals surface area contributed by atoms with Crippen molar-refractivity contribution >= 4 is 56.5 Å². The SMILES string of the molecule is COc1ccc(CSc2nnc3c4c5c(sc4n4c(SCc6ccc(OC)cc6)nnc4n23)CCCC5)cc1. The predicted octanol–water partition coefficient (Wildman–Crippen LogP) is 6.47. The van der Waals surface area contributed by atoms with Crippen molar-refractivity contribution in [1.82, 2.24) is 29.2 Å². The summed E-state index contributed by atoms with van der Waals surface area (Å²) in [4.78, 5) is 2.63. The molecule has 0 spiro atoms. The van der Waals surface area contributed by atoms with Gasteiger partial charge in [0, 0.05) is 16.4 Å². The van der Waals surface area contributed by atoms with E-state index < -0.39 is 0 Å². The van der Waals surface area contributed by atoms with Crippen LogP contribution in [0.4, 0.5) is 0 Å². The summed E-state index contributed by atoms with van der Waals surface area (Å²) >= 11 is 5.22. The van der Waals surface area contributed by atoms with Crippen molar-refractivity contribution in [1.29, 1.82) is 0 Å². The van der Waals surface area contributed by atoms with Gasteiger partial charge < -0.3 is 9.47 Å². The van der Waals surface area contributed by atoms with E-state index in [1.807, 2.05) is 35.6 Å². The second-order valence-corrected chi connectivity index (χ2v) is 12.4. The zero-order valence-corrected chi connectivity index (χ0v) is 24.0. The van der Waals surface area contributed by atoms with Crippen molar-refractivity contribution in [2.24, 2.45) is 0 Å². The molecule has 0 saturated heterocycles. The molecule has 4 heterocycles. The first-order valence-corrected chi connectivity index (χ1v) is 15.6. The van der Waals surface area contributed by atoms with Crippen LogP contribution in [0.15, 0.2) is 58.8 Å². The molecular weight excluding hydrogens is 549 g/mol. The third-order valence-corrected chi connectivity index (χ3v) is 10.4. The van der Waals surface area contributed by atoms with Crippen LogP contribution in [-0.4, -0.2) is 43.4 Å². The summed E-state index contributed by atoms with van der Waals surface area (Å²) in [6.07, 6.45) is 4.63. The van der Waals surface area contributed by atoms with Crippen LogP contribution in [0.1, 0.15) is 34.4 Å². The highest BCUT2D eigenvalue weighted by Crippen LogP contribution is 2.41. The average Bonchev–Trinajstić information content (AvgIpc) is 3.70. The Morgan fingerprint density at radius 2 is 1.33 bits per heavy atom. The van der Waals surface area contributed by atoms with E-state index in [0.717, 1.165) is 57.6 Å². The van der Waals surface area contributed by atoms with Crippen LogP contribution < -0.4 is 9.47 Å². The zero-order valence-electron chi connectivity index (χ0n) is 21.6. The lowest BCUT2D eigenvalue weighted by Crippen LogP contribution is -2.01. The summed E-state index contributed by atoms with van der Waals surface area (Å²) < 4.78 is 14.9. The standard InChI is InChI=1S/C28H26N6O2S3/c1-35-19-11-7-17(8-12-19)15-37-27-31-29-24-23-21-5-3-4-6-22(21)39-25(23)34-26(33(24)27)30-32-28(34)38-16-18-9-13-20(36-2)14-10-18/h7-14H,3-6,15-16H2,1-2H3. The molecule has 2 aromatic carbocycles. The van der Waals surface area contributed by atoms with Crippen molar-refractivity contribution in [2.75, 3.05) is 14.2 Å². The molecule has 198 valence electrons. The fraction of sp³-hybridized carbons (Fsp3) is 0.286. The van der Waals surface area contributed by atoms with Gasteiger partial charge in [-0.2, -0.15) is 0 Å². The van der Waals surface area contributed by atoms with Gasteiger partial charge in [-0.05, 0) is 66.6 Å². The number of thiophene rings is 1. The summed E-state index contributed by atoms with van der Waals surface area (Å²) in [7, 11) is 3.37. The molecule has 0 aliphatic heterocycles. The predicted molar refractivity (Wildman–Crippen MR) is 157 cm³/mol. The molecule has 1 aliphatic carbocycles. The number of thioether (sulfide) groups is 2. The van der Waals surface area contributed by atoms with Crippen LogP contribution in [0, 0.1) is 0 Å². The molecule has 39 heavy (non-hydrogen) atoms. The first-order valence-electron chi connectivity index (χ1n) is 12.8. The number of methoxy groups -OCH3 is 2. The lowest BCUT2D eigenvalue weighted by Gasteiger charge is -2.10. The molecule has 11 heteroatoms. The maximum Gasteiger partial charge on any atom is 0.245 e. The van der Waals surface area contributed by atoms with Crippen LogP contribution >= 0.6 is 34.9 Å². The molecule has 0 bridgehead atoms. The molecule has 4 aromatic heterocycles. The number of fused-ring (bicyclic) bond motifs is 8. The van der Waals surface area contributed by atoms with Crippen LogP contribution in [0.25, 0.3) is 21.6 Å². The molecule has 0 saturated carbocycles. The highest BCUT2D eigenvalue weighted by Gasteiger charge is 2.26. The summed E-state index contributed by atoms with van der Waals surface area (Å²) in [6, 6.07) is 16.3. The third-order valence-electron chi connectivity index (χ3n) is 7.08. The quantitative estimate of drug-likeness (QED) is 0.192. The first kappa shape index (κ1) is 24.7. The van der Waals surface area contributed by atoms with E-state index in [0.29, 0.717) is 0 Å². The van der Waals surface area contributed by atoms with E-state index in [9.17, 15) is 0 Å². The molecule has 1 aliphatic rings. The normalized spacial score (nSPS) is 13.4. The topological polar surface area (TPSA) is 78.8 Å². The molecule has 0 atom stereocenters. The molecule has 7 rings (SSSR count). The maximum atomic E-state index is 5.31. The average molecular weight is 575 g/mol. The van der Waals surface area contributed by atoms with E-state index in [1.54, 1.807) is 37.7 Å². The summed E-state index contributed by atoms with van der Waals surface area (Å²) in [5.41, 5.74) is 4.71. The maximum absolute atomic E-state index is 5.31. The van der Waals surface area contributed by atoms with Crippen LogP contribution in [0.3, 0.4) is 0 Å². The Kier molecular flexibility index (Phi) is 6.57. The van der Waals surface area contributed by atoms with E-state index >= 15 is 0 Å². The third kappa shape index (κ3) is 4.42. The van der Waals surface area contributed by atoms with Crippen LogP contribution in [0.5, 0.6) is 11.5 Å². The molecule has 0 amide bonds. The van der Waals surface area contributed by atoms with E-state index in [1.165, 1.54) is 44.6 Å². The number of rotatable bonds is 8. The zero-order chi connectivity index (χ0) is 26.3. The Labute approximate surface area is 237 Å². The van der Waals surface area contributed by atoms with Gasteiger partial charge in [0.1, 0.15) is 16.3 Å². The first-order chi connectivity index (χ1) is 19.2. The molecule has 0 fully saturated rings. The smallest absolute Gasteiger partial charge is 0.245 e. The molecule has 0 unspecified atom stereocenters. The molecule has 6 aromatic rings. The van der Waals surface area contributed by atoms with Gasteiger partial charge in [0.15, 0.2) is 16.0 Å². The van der Waals surface area contributed by atoms with Crippen LogP contribution in [-0.2, 0) is 24.3 Å². The van der Waals surface area contributed by atoms with Gasteiger partial charge in [0.25, 0.3) is 0 Å². The van der Waals surface area contributed by atoms with Gasteiger partial charge in [-0.15, -0.1) is 31.7 Å². The number of hydrogen-bond acceptors (Lipinski definition) is 9. The monoisotopic (exact) mass is 574 g/mol. The number of benzene rings is 2. The summed E-state index contributed by atoms with van der Waals surface area (Å²) in [5, 5.41) is 21.6. The number of aryl methyl sites for hydroxylation is 2. The van der Waals surface area contributed by atoms with Crippen molar-refractivity contribution in [3.05, 3.63) is 70.1 Å². The van der Waals surface area contributed by atoms with Gasteiger partial charge in [-0.3, -0.25) is 0 Å². The van der Waals surface area contributed by atoms with Gasteiger partial charge in [0.2, 0.25) is 5.78 Å². The second-order valence-electron chi connectivity index (χ2n) is 9.42. The molecule has 8 nitrogen and oxygen atoms in total. The molecular formula is C28H26N6O2S3. The largest absolute Gasteiger partial charge is 0.497 e. The Morgan fingerprint density at radius 1 is 0.744 bits per heavy atom. The van der Waals surface area contributed by atoms with Crippen molar-refractivity contribution in [3.8, 4) is 11.5 Å². The van der Waals surface area contributed by atoms with Crippen molar-refractivity contribution < 1.29 is 9.47 Å². The molecule has 0 N–H and O–H groups in total. The highest BCUT2D eigenvalue weighted by molar-refractivity contribution is 7.98. The molecule has 0 radical (unpaired) electrons. The number of aromatic nitrogens is 6. The minimum absolute atomic E-state index is 0.760. The lowest BCUT2D eigenvalue weighted by molar-refractivity contribution is 0.414. The Hall–Kier alpha value is -3.28. The number of nitrogens with zero attached hydrogens (tertiary/aromatic N) is 6. The minimum Gasteiger partial charge on any atom is -0.497 e. The fourth-order valence-electron chi connectivity index (χ4n) is 5.06. The summed E-state index contributed by atoms with van der Waals surface area (Å²) in [6.45, 7) is 0. The highest BCUT2D eigenvalue weighted by atomic mass is 32.2. The number of ether oxygens (including phenoxy) is 2. The Morgan fingerprint density at radius 3 is 1.97 bits per heavy atom. The minimum atomic E-state index is 0.760. The van der Waals surface area contributed by atoms with Crippen LogP contribution in [0.2, 0.25) is 0 Å². The van der Waals surface area contributed by atoms with Gasteiger partial charge >= 0.3 is 0 Å². The van der Waals surface area contributed by atoms with Gasteiger partial charge in [-0.25, -0.2) is 8.80 Å². The summed E-state index contributed by atoms with van der Waals surface area (Å²) in [5.74, 6) is 4.03. The Bertz CT molecular complexity index is 1790. The Balaban J connectivity index is 1.32.